The Morgan fingerprint density at radius 2 is 1.94 bits per heavy atom. The van der Waals surface area contributed by atoms with Crippen molar-refractivity contribution in [1.82, 2.24) is 20.2 Å². The molecular weight excluding hydrogens is 228 g/mol. The molecule has 1 aromatic carbocycles. The van der Waals surface area contributed by atoms with Crippen molar-refractivity contribution < 1.29 is 19.8 Å². The van der Waals surface area contributed by atoms with Gasteiger partial charge in [-0.25, -0.2) is 9.59 Å². The molecule has 0 saturated carbocycles. The Bertz CT molecular complexity index is 579. The lowest BCUT2D eigenvalue weighted by molar-refractivity contribution is 0.0681. The number of carboxylic acids is 2. The van der Waals surface area contributed by atoms with Crippen molar-refractivity contribution in [3.8, 4) is 5.69 Å². The summed E-state index contributed by atoms with van der Waals surface area (Å²) < 4.78 is 1.09. The van der Waals surface area contributed by atoms with Crippen LogP contribution in [0.1, 0.15) is 20.7 Å². The number of tetrazole rings is 1. The summed E-state index contributed by atoms with van der Waals surface area (Å²) in [5, 5.41) is 28.1. The number of hydrogen-bond acceptors (Lipinski definition) is 5. The Balaban J connectivity index is 2.64. The van der Waals surface area contributed by atoms with Crippen molar-refractivity contribution in [3.63, 3.8) is 0 Å². The van der Waals surface area contributed by atoms with Crippen LogP contribution in [0.5, 0.6) is 0 Å². The molecular formula is C9H6N4O4. The SMILES string of the molecule is O=C(O)c1ccc(C(=O)O)c(-n2cnnn2)c1. The monoisotopic (exact) mass is 234 g/mol. The first-order chi connectivity index (χ1) is 8.09. The lowest BCUT2D eigenvalue weighted by Gasteiger charge is -2.05. The molecule has 0 aliphatic heterocycles. The largest absolute Gasteiger partial charge is 0.478 e. The van der Waals surface area contributed by atoms with Crippen LogP contribution < -0.4 is 0 Å². The molecule has 0 saturated heterocycles. The highest BCUT2D eigenvalue weighted by atomic mass is 16.4. The fourth-order valence-corrected chi connectivity index (χ4v) is 1.31. The minimum absolute atomic E-state index is 0.0412. The lowest BCUT2D eigenvalue weighted by Crippen LogP contribution is -2.08. The normalized spacial score (nSPS) is 10.1. The van der Waals surface area contributed by atoms with Crippen molar-refractivity contribution in [3.05, 3.63) is 35.7 Å². The molecule has 0 spiro atoms. The second-order valence-electron chi connectivity index (χ2n) is 3.10. The number of carboxylic acid groups (broad SMARTS) is 2. The van der Waals surface area contributed by atoms with Gasteiger partial charge in [0.05, 0.1) is 16.8 Å². The molecule has 0 aliphatic rings. The van der Waals surface area contributed by atoms with E-state index in [2.05, 4.69) is 15.5 Å². The number of carbonyl (C=O) groups is 2. The summed E-state index contributed by atoms with van der Waals surface area (Å²) in [6.45, 7) is 0. The third kappa shape index (κ3) is 1.95. The maximum atomic E-state index is 11.0. The van der Waals surface area contributed by atoms with Gasteiger partial charge in [0.25, 0.3) is 0 Å². The van der Waals surface area contributed by atoms with Gasteiger partial charge in [0.2, 0.25) is 0 Å². The number of nitrogens with zero attached hydrogens (tertiary/aromatic N) is 4. The Labute approximate surface area is 94.1 Å². The van der Waals surface area contributed by atoms with Crippen molar-refractivity contribution >= 4 is 11.9 Å². The van der Waals surface area contributed by atoms with E-state index in [1.54, 1.807) is 0 Å². The molecule has 8 heteroatoms. The highest BCUT2D eigenvalue weighted by Crippen LogP contribution is 2.15. The van der Waals surface area contributed by atoms with E-state index in [0.717, 1.165) is 4.68 Å². The average Bonchev–Trinajstić information content (AvgIpc) is 2.81. The van der Waals surface area contributed by atoms with E-state index < -0.39 is 11.9 Å². The summed E-state index contributed by atoms with van der Waals surface area (Å²) in [5.74, 6) is -2.34. The van der Waals surface area contributed by atoms with Gasteiger partial charge in [0.15, 0.2) is 0 Å². The van der Waals surface area contributed by atoms with Crippen molar-refractivity contribution in [2.75, 3.05) is 0 Å². The lowest BCUT2D eigenvalue weighted by atomic mass is 10.1. The molecule has 2 rings (SSSR count). The quantitative estimate of drug-likeness (QED) is 0.770. The highest BCUT2D eigenvalue weighted by molar-refractivity contribution is 5.95. The maximum absolute atomic E-state index is 11.0. The molecule has 86 valence electrons. The van der Waals surface area contributed by atoms with Gasteiger partial charge < -0.3 is 10.2 Å². The van der Waals surface area contributed by atoms with E-state index in [4.69, 9.17) is 10.2 Å². The highest BCUT2D eigenvalue weighted by Gasteiger charge is 2.15. The number of rotatable bonds is 3. The van der Waals surface area contributed by atoms with Crippen LogP contribution in [0.25, 0.3) is 5.69 Å². The molecule has 17 heavy (non-hydrogen) atoms. The molecule has 0 bridgehead atoms. The molecule has 0 aliphatic carbocycles. The third-order valence-corrected chi connectivity index (χ3v) is 2.07. The molecule has 2 aromatic rings. The molecule has 0 fully saturated rings. The first-order valence-electron chi connectivity index (χ1n) is 4.43. The number of aromatic carboxylic acids is 2. The van der Waals surface area contributed by atoms with Gasteiger partial charge in [-0.05, 0) is 28.6 Å². The van der Waals surface area contributed by atoms with Crippen LogP contribution in [0.3, 0.4) is 0 Å². The molecule has 1 aromatic heterocycles. The average molecular weight is 234 g/mol. The minimum atomic E-state index is -1.19. The zero-order chi connectivity index (χ0) is 12.4. The summed E-state index contributed by atoms with van der Waals surface area (Å²) in [6.07, 6.45) is 1.19. The summed E-state index contributed by atoms with van der Waals surface area (Å²) in [5.41, 5.74) is -0.0230. The van der Waals surface area contributed by atoms with Gasteiger partial charge in [-0.15, -0.1) is 5.10 Å². The van der Waals surface area contributed by atoms with Crippen LogP contribution >= 0.6 is 0 Å². The number of hydrogen-bond donors (Lipinski definition) is 2. The molecule has 0 amide bonds. The van der Waals surface area contributed by atoms with E-state index in [1.165, 1.54) is 24.5 Å². The molecule has 0 radical (unpaired) electrons. The topological polar surface area (TPSA) is 118 Å². The predicted octanol–water partition coefficient (Wildman–Crippen LogP) is 0.0587. The van der Waals surface area contributed by atoms with Gasteiger partial charge in [-0.3, -0.25) is 0 Å². The van der Waals surface area contributed by atoms with Crippen LogP contribution in [0.4, 0.5) is 0 Å². The van der Waals surface area contributed by atoms with Gasteiger partial charge >= 0.3 is 11.9 Å². The smallest absolute Gasteiger partial charge is 0.337 e. The van der Waals surface area contributed by atoms with E-state index in [1.807, 2.05) is 0 Å². The summed E-state index contributed by atoms with van der Waals surface area (Å²) in [7, 11) is 0. The van der Waals surface area contributed by atoms with Crippen LogP contribution in [-0.2, 0) is 0 Å². The summed E-state index contributed by atoms with van der Waals surface area (Å²) >= 11 is 0. The van der Waals surface area contributed by atoms with Crippen LogP contribution in [0.2, 0.25) is 0 Å². The van der Waals surface area contributed by atoms with Crippen LogP contribution in [0, 0.1) is 0 Å². The fourth-order valence-electron chi connectivity index (χ4n) is 1.31. The number of benzene rings is 1. The third-order valence-electron chi connectivity index (χ3n) is 2.07. The Morgan fingerprint density at radius 1 is 1.18 bits per heavy atom. The first-order valence-corrected chi connectivity index (χ1v) is 4.43. The van der Waals surface area contributed by atoms with Gasteiger partial charge in [-0.2, -0.15) is 4.68 Å². The van der Waals surface area contributed by atoms with Crippen LogP contribution in [0.15, 0.2) is 24.5 Å². The van der Waals surface area contributed by atoms with E-state index in [9.17, 15) is 9.59 Å². The summed E-state index contributed by atoms with van der Waals surface area (Å²) in [6, 6.07) is 3.60. The van der Waals surface area contributed by atoms with Crippen LogP contribution in [-0.4, -0.2) is 42.4 Å². The molecule has 2 N–H and O–H groups in total. The Hall–Kier alpha value is -2.77. The predicted molar refractivity (Wildman–Crippen MR) is 53.1 cm³/mol. The second-order valence-corrected chi connectivity index (χ2v) is 3.10. The van der Waals surface area contributed by atoms with Gasteiger partial charge in [0, 0.05) is 0 Å². The van der Waals surface area contributed by atoms with Gasteiger partial charge in [0.1, 0.15) is 6.33 Å². The Kier molecular flexibility index (Phi) is 2.53. The number of aromatic nitrogens is 4. The molecule has 1 heterocycles. The standard InChI is InChI=1S/C9H6N4O4/c14-8(15)5-1-2-6(9(16)17)7(3-5)13-4-10-11-12-13/h1-4H,(H,14,15)(H,16,17). The summed E-state index contributed by atoms with van der Waals surface area (Å²) in [4.78, 5) is 21.8. The molecule has 8 nitrogen and oxygen atoms in total. The zero-order valence-corrected chi connectivity index (χ0v) is 8.31. The second kappa shape index (κ2) is 4.00. The van der Waals surface area contributed by atoms with Crippen molar-refractivity contribution in [1.29, 1.82) is 0 Å². The van der Waals surface area contributed by atoms with E-state index in [-0.39, 0.29) is 16.8 Å². The fraction of sp³-hybridized carbons (Fsp3) is 0. The molecule has 0 atom stereocenters. The van der Waals surface area contributed by atoms with Gasteiger partial charge in [-0.1, -0.05) is 0 Å². The molecule has 0 unspecified atom stereocenters. The first kappa shape index (κ1) is 10.7. The Morgan fingerprint density at radius 3 is 2.47 bits per heavy atom. The van der Waals surface area contributed by atoms with Crippen molar-refractivity contribution in [2.24, 2.45) is 0 Å². The van der Waals surface area contributed by atoms with E-state index in [0.29, 0.717) is 0 Å². The van der Waals surface area contributed by atoms with Crippen molar-refractivity contribution in [2.45, 2.75) is 0 Å². The maximum Gasteiger partial charge on any atom is 0.337 e. The minimum Gasteiger partial charge on any atom is -0.478 e. The van der Waals surface area contributed by atoms with E-state index >= 15 is 0 Å². The zero-order valence-electron chi connectivity index (χ0n) is 8.31.